The summed E-state index contributed by atoms with van der Waals surface area (Å²) in [4.78, 5) is 23.8. The normalized spacial score (nSPS) is 12.2. The Labute approximate surface area is 165 Å². The van der Waals surface area contributed by atoms with E-state index in [1.54, 1.807) is 6.92 Å². The summed E-state index contributed by atoms with van der Waals surface area (Å²) in [5, 5.41) is 5.26. The van der Waals surface area contributed by atoms with E-state index in [1.165, 1.54) is 0 Å². The number of halogens is 1. The average Bonchev–Trinajstić information content (AvgIpc) is 2.66. The van der Waals surface area contributed by atoms with E-state index in [2.05, 4.69) is 10.6 Å². The fraction of sp³-hybridized carbons (Fsp3) is 0.300. The molecule has 4 N–H and O–H groups in total. The van der Waals surface area contributed by atoms with Crippen molar-refractivity contribution in [2.75, 3.05) is 6.54 Å². The first-order valence-corrected chi connectivity index (χ1v) is 8.59. The van der Waals surface area contributed by atoms with Crippen molar-refractivity contribution < 1.29 is 14.3 Å². The van der Waals surface area contributed by atoms with Gasteiger partial charge in [-0.15, -0.1) is 12.4 Å². The standard InChI is InChI=1S/C20H25N3O3.ClH/c1-15(23-20(25)26-14-17-10-6-3-7-11-17)19(24)22-13-18(21)12-16-8-4-2-5-9-16;/h2-11,15,18H,12-14,21H2,1H3,(H,22,24)(H,23,25);1H/t15-,18+;/m1./s1. The van der Waals surface area contributed by atoms with Crippen molar-refractivity contribution in [3.05, 3.63) is 71.8 Å². The summed E-state index contributed by atoms with van der Waals surface area (Å²) in [6, 6.07) is 18.3. The first-order valence-electron chi connectivity index (χ1n) is 8.59. The van der Waals surface area contributed by atoms with Gasteiger partial charge in [-0.25, -0.2) is 4.79 Å². The molecule has 0 saturated heterocycles. The van der Waals surface area contributed by atoms with Gasteiger partial charge in [-0.1, -0.05) is 60.7 Å². The summed E-state index contributed by atoms with van der Waals surface area (Å²) in [7, 11) is 0. The lowest BCUT2D eigenvalue weighted by molar-refractivity contribution is -0.122. The first kappa shape index (κ1) is 22.5. The third kappa shape index (κ3) is 8.57. The monoisotopic (exact) mass is 391 g/mol. The van der Waals surface area contributed by atoms with Crippen LogP contribution in [0.25, 0.3) is 0 Å². The molecule has 0 aliphatic rings. The Morgan fingerprint density at radius 2 is 1.56 bits per heavy atom. The Balaban J connectivity index is 0.00000364. The van der Waals surface area contributed by atoms with E-state index in [4.69, 9.17) is 10.5 Å². The predicted molar refractivity (Wildman–Crippen MR) is 108 cm³/mol. The van der Waals surface area contributed by atoms with Crippen LogP contribution < -0.4 is 16.4 Å². The minimum absolute atomic E-state index is 0. The molecule has 0 heterocycles. The molecule has 0 aliphatic heterocycles. The minimum Gasteiger partial charge on any atom is -0.445 e. The number of alkyl carbamates (subject to hydrolysis) is 1. The van der Waals surface area contributed by atoms with Crippen LogP contribution in [0.2, 0.25) is 0 Å². The molecule has 0 aliphatic carbocycles. The molecule has 2 atom stereocenters. The topological polar surface area (TPSA) is 93.4 Å². The number of benzene rings is 2. The smallest absolute Gasteiger partial charge is 0.408 e. The number of carbonyl (C=O) groups excluding carboxylic acids is 2. The predicted octanol–water partition coefficient (Wildman–Crippen LogP) is 2.41. The highest BCUT2D eigenvalue weighted by atomic mass is 35.5. The molecule has 0 radical (unpaired) electrons. The highest BCUT2D eigenvalue weighted by Crippen LogP contribution is 2.02. The van der Waals surface area contributed by atoms with Gasteiger partial charge in [0.1, 0.15) is 12.6 Å². The van der Waals surface area contributed by atoms with E-state index < -0.39 is 12.1 Å². The van der Waals surface area contributed by atoms with E-state index in [9.17, 15) is 9.59 Å². The molecular formula is C20H26ClN3O3. The van der Waals surface area contributed by atoms with E-state index in [1.807, 2.05) is 60.7 Å². The number of hydrogen-bond acceptors (Lipinski definition) is 4. The summed E-state index contributed by atoms with van der Waals surface area (Å²) in [5.74, 6) is -0.301. The van der Waals surface area contributed by atoms with Crippen LogP contribution in [0.5, 0.6) is 0 Å². The molecule has 0 spiro atoms. The van der Waals surface area contributed by atoms with Gasteiger partial charge in [-0.05, 0) is 24.5 Å². The van der Waals surface area contributed by atoms with Crippen LogP contribution in [-0.4, -0.2) is 30.6 Å². The van der Waals surface area contributed by atoms with E-state index in [-0.39, 0.29) is 31.0 Å². The summed E-state index contributed by atoms with van der Waals surface area (Å²) in [5.41, 5.74) is 8.04. The Kier molecular flexibility index (Phi) is 9.93. The molecular weight excluding hydrogens is 366 g/mol. The molecule has 146 valence electrons. The summed E-state index contributed by atoms with van der Waals surface area (Å²) >= 11 is 0. The average molecular weight is 392 g/mol. The molecule has 7 heteroatoms. The van der Waals surface area contributed by atoms with Crippen molar-refractivity contribution in [2.24, 2.45) is 5.73 Å². The fourth-order valence-corrected chi connectivity index (χ4v) is 2.38. The van der Waals surface area contributed by atoms with Gasteiger partial charge in [0.05, 0.1) is 0 Å². The van der Waals surface area contributed by atoms with Gasteiger partial charge in [0, 0.05) is 12.6 Å². The maximum atomic E-state index is 12.1. The minimum atomic E-state index is -0.706. The van der Waals surface area contributed by atoms with Crippen LogP contribution in [0.4, 0.5) is 4.79 Å². The van der Waals surface area contributed by atoms with Crippen molar-refractivity contribution in [2.45, 2.75) is 32.0 Å². The second-order valence-electron chi connectivity index (χ2n) is 6.12. The largest absolute Gasteiger partial charge is 0.445 e. The summed E-state index contributed by atoms with van der Waals surface area (Å²) in [6.45, 7) is 2.09. The Morgan fingerprint density at radius 1 is 1.00 bits per heavy atom. The molecule has 2 amide bonds. The fourth-order valence-electron chi connectivity index (χ4n) is 2.38. The van der Waals surface area contributed by atoms with E-state index in [0.29, 0.717) is 13.0 Å². The number of ether oxygens (including phenoxy) is 1. The van der Waals surface area contributed by atoms with Crippen molar-refractivity contribution in [3.63, 3.8) is 0 Å². The zero-order chi connectivity index (χ0) is 18.8. The lowest BCUT2D eigenvalue weighted by atomic mass is 10.1. The maximum absolute atomic E-state index is 12.1. The lowest BCUT2D eigenvalue weighted by Crippen LogP contribution is -2.48. The SMILES string of the molecule is C[C@@H](NC(=O)OCc1ccccc1)C(=O)NC[C@@H](N)Cc1ccccc1.Cl. The molecule has 0 aromatic heterocycles. The van der Waals surface area contributed by atoms with Gasteiger partial charge >= 0.3 is 6.09 Å². The highest BCUT2D eigenvalue weighted by molar-refractivity contribution is 5.85. The third-order valence-electron chi connectivity index (χ3n) is 3.82. The van der Waals surface area contributed by atoms with Crippen LogP contribution in [0.3, 0.4) is 0 Å². The Hall–Kier alpha value is -2.57. The van der Waals surface area contributed by atoms with Gasteiger partial charge in [-0.3, -0.25) is 4.79 Å². The van der Waals surface area contributed by atoms with Gasteiger partial charge in [0.25, 0.3) is 0 Å². The number of nitrogens with one attached hydrogen (secondary N) is 2. The summed E-state index contributed by atoms with van der Waals surface area (Å²) < 4.78 is 5.10. The van der Waals surface area contributed by atoms with Crippen LogP contribution in [-0.2, 0) is 22.6 Å². The van der Waals surface area contributed by atoms with Crippen LogP contribution in [0.1, 0.15) is 18.1 Å². The second kappa shape index (κ2) is 11.9. The molecule has 2 aromatic rings. The van der Waals surface area contributed by atoms with E-state index >= 15 is 0 Å². The van der Waals surface area contributed by atoms with Crippen molar-refractivity contribution in [1.29, 1.82) is 0 Å². The van der Waals surface area contributed by atoms with Gasteiger partial charge in [-0.2, -0.15) is 0 Å². The first-order chi connectivity index (χ1) is 12.5. The van der Waals surface area contributed by atoms with Crippen molar-refractivity contribution >= 4 is 24.4 Å². The van der Waals surface area contributed by atoms with Crippen molar-refractivity contribution in [1.82, 2.24) is 10.6 Å². The third-order valence-corrected chi connectivity index (χ3v) is 3.82. The van der Waals surface area contributed by atoms with Gasteiger partial charge < -0.3 is 21.1 Å². The molecule has 0 fully saturated rings. The number of rotatable bonds is 8. The van der Waals surface area contributed by atoms with Crippen LogP contribution >= 0.6 is 12.4 Å². The summed E-state index contributed by atoms with van der Waals surface area (Å²) in [6.07, 6.45) is 0.0345. The van der Waals surface area contributed by atoms with Crippen LogP contribution in [0.15, 0.2) is 60.7 Å². The van der Waals surface area contributed by atoms with E-state index in [0.717, 1.165) is 11.1 Å². The van der Waals surface area contributed by atoms with Gasteiger partial charge in [0.15, 0.2) is 0 Å². The van der Waals surface area contributed by atoms with Crippen LogP contribution in [0, 0.1) is 0 Å². The zero-order valence-corrected chi connectivity index (χ0v) is 16.1. The Morgan fingerprint density at radius 3 is 2.15 bits per heavy atom. The number of carbonyl (C=O) groups is 2. The van der Waals surface area contributed by atoms with Gasteiger partial charge in [0.2, 0.25) is 5.91 Å². The quantitative estimate of drug-likeness (QED) is 0.644. The second-order valence-corrected chi connectivity index (χ2v) is 6.12. The number of nitrogens with two attached hydrogens (primary N) is 1. The zero-order valence-electron chi connectivity index (χ0n) is 15.3. The molecule has 0 saturated carbocycles. The molecule has 6 nitrogen and oxygen atoms in total. The number of amides is 2. The Bertz CT molecular complexity index is 698. The maximum Gasteiger partial charge on any atom is 0.408 e. The highest BCUT2D eigenvalue weighted by Gasteiger charge is 2.17. The molecule has 27 heavy (non-hydrogen) atoms. The van der Waals surface area contributed by atoms with Crippen molar-refractivity contribution in [3.8, 4) is 0 Å². The molecule has 2 rings (SSSR count). The molecule has 0 unspecified atom stereocenters. The molecule has 0 bridgehead atoms. The lowest BCUT2D eigenvalue weighted by Gasteiger charge is -2.17. The number of hydrogen-bond donors (Lipinski definition) is 3. The molecule has 2 aromatic carbocycles.